The zero-order valence-corrected chi connectivity index (χ0v) is 27.5. The average Bonchev–Trinajstić information content (AvgIpc) is 2.92. The smallest absolute Gasteiger partial charge is 0.425 e. The molecule has 242 valence electrons. The summed E-state index contributed by atoms with van der Waals surface area (Å²) in [5, 5.41) is 14.7. The zero-order valence-electron chi connectivity index (χ0n) is 26.8. The van der Waals surface area contributed by atoms with Gasteiger partial charge in [0.1, 0.15) is 17.0 Å². The highest BCUT2D eigenvalue weighted by Crippen LogP contribution is 2.41. The molecule has 0 unspecified atom stereocenters. The maximum absolute atomic E-state index is 13.1. The summed E-state index contributed by atoms with van der Waals surface area (Å²) in [6.07, 6.45) is 0.0391. The topological polar surface area (TPSA) is 131 Å². The minimum Gasteiger partial charge on any atom is -0.496 e. The number of amides is 3. The molecule has 1 saturated heterocycles. The van der Waals surface area contributed by atoms with Crippen molar-refractivity contribution in [3.63, 3.8) is 0 Å². The van der Waals surface area contributed by atoms with Gasteiger partial charge in [0.15, 0.2) is 5.82 Å². The number of hydrogen-bond donors (Lipinski definition) is 2. The predicted octanol–water partition coefficient (Wildman–Crippen LogP) is 7.47. The molecule has 3 aromatic rings. The van der Waals surface area contributed by atoms with Crippen LogP contribution in [0, 0.1) is 0 Å². The van der Waals surface area contributed by atoms with Gasteiger partial charge in [-0.1, -0.05) is 23.7 Å². The van der Waals surface area contributed by atoms with Crippen LogP contribution in [0.4, 0.5) is 20.2 Å². The number of alkyl carbamates (subject to hydrolysis) is 1. The normalized spacial score (nSPS) is 14.6. The Labute approximate surface area is 268 Å². The number of imide groups is 1. The van der Waals surface area contributed by atoms with Crippen molar-refractivity contribution in [3.05, 3.63) is 53.2 Å². The lowest BCUT2D eigenvalue weighted by molar-refractivity contribution is 0.0475. The van der Waals surface area contributed by atoms with E-state index in [2.05, 4.69) is 15.2 Å². The highest BCUT2D eigenvalue weighted by atomic mass is 35.5. The highest BCUT2D eigenvalue weighted by molar-refractivity contribution is 6.30. The molecule has 1 aromatic heterocycles. The van der Waals surface area contributed by atoms with E-state index in [0.717, 1.165) is 37.1 Å². The number of ether oxygens (including phenoxy) is 3. The number of benzene rings is 2. The van der Waals surface area contributed by atoms with E-state index in [1.54, 1.807) is 32.9 Å². The number of pyridine rings is 1. The molecule has 3 amide bonds. The SMILES string of the molecule is COc1cc(CN2CCC(NC(=O)OC(C)(C)C)CC2)cc2c(-c3ccc(Cl)cc3)cnc(N(C(=O)O)C(=O)OC(C)(C)C)c12. The van der Waals surface area contributed by atoms with Crippen LogP contribution in [0.3, 0.4) is 0 Å². The first-order chi connectivity index (χ1) is 21.0. The maximum atomic E-state index is 13.1. The molecular weight excluding hydrogens is 600 g/mol. The third-order valence-corrected chi connectivity index (χ3v) is 7.31. The number of halogens is 1. The Bertz CT molecular complexity index is 1560. The number of fused-ring (bicyclic) bond motifs is 1. The predicted molar refractivity (Wildman–Crippen MR) is 173 cm³/mol. The Morgan fingerprint density at radius 2 is 1.64 bits per heavy atom. The van der Waals surface area contributed by atoms with Crippen molar-refractivity contribution in [2.24, 2.45) is 0 Å². The molecule has 2 N–H and O–H groups in total. The summed E-state index contributed by atoms with van der Waals surface area (Å²) in [6, 6.07) is 11.0. The Morgan fingerprint density at radius 3 is 2.20 bits per heavy atom. The largest absolute Gasteiger partial charge is 0.496 e. The second-order valence-electron chi connectivity index (χ2n) is 13.0. The number of carboxylic acid groups (broad SMARTS) is 1. The number of rotatable bonds is 6. The lowest BCUT2D eigenvalue weighted by Crippen LogP contribution is -2.45. The maximum Gasteiger partial charge on any atom is 0.425 e. The fraction of sp³-hybridized carbons (Fsp3) is 0.455. The van der Waals surface area contributed by atoms with Crippen LogP contribution in [-0.2, 0) is 16.0 Å². The number of aromatic nitrogens is 1. The lowest BCUT2D eigenvalue weighted by Gasteiger charge is -2.33. The second-order valence-corrected chi connectivity index (χ2v) is 13.5. The van der Waals surface area contributed by atoms with Crippen LogP contribution in [0.15, 0.2) is 42.6 Å². The van der Waals surface area contributed by atoms with Crippen molar-refractivity contribution in [1.29, 1.82) is 0 Å². The molecule has 1 aliphatic heterocycles. The van der Waals surface area contributed by atoms with Crippen LogP contribution in [0.5, 0.6) is 5.75 Å². The van der Waals surface area contributed by atoms with Gasteiger partial charge in [-0.05, 0) is 95.2 Å². The molecule has 4 rings (SSSR count). The third-order valence-electron chi connectivity index (χ3n) is 7.06. The van der Waals surface area contributed by atoms with E-state index in [0.29, 0.717) is 38.6 Å². The number of anilines is 1. The van der Waals surface area contributed by atoms with Crippen LogP contribution >= 0.6 is 11.6 Å². The molecule has 2 aromatic carbocycles. The minimum atomic E-state index is -1.54. The summed E-state index contributed by atoms with van der Waals surface area (Å²) < 4.78 is 16.6. The van der Waals surface area contributed by atoms with Crippen molar-refractivity contribution in [2.45, 2.75) is 78.2 Å². The zero-order chi connectivity index (χ0) is 33.1. The van der Waals surface area contributed by atoms with Crippen LogP contribution in [0.2, 0.25) is 5.02 Å². The summed E-state index contributed by atoms with van der Waals surface area (Å²) in [5.41, 5.74) is 0.937. The van der Waals surface area contributed by atoms with E-state index in [4.69, 9.17) is 25.8 Å². The number of likely N-dealkylation sites (tertiary alicyclic amines) is 1. The van der Waals surface area contributed by atoms with E-state index >= 15 is 0 Å². The molecule has 0 radical (unpaired) electrons. The van der Waals surface area contributed by atoms with E-state index < -0.39 is 29.5 Å². The number of nitrogens with zero attached hydrogens (tertiary/aromatic N) is 3. The molecule has 45 heavy (non-hydrogen) atoms. The Morgan fingerprint density at radius 1 is 1.02 bits per heavy atom. The van der Waals surface area contributed by atoms with Crippen molar-refractivity contribution < 1.29 is 33.7 Å². The van der Waals surface area contributed by atoms with Crippen molar-refractivity contribution >= 4 is 46.5 Å². The number of piperidine rings is 1. The van der Waals surface area contributed by atoms with E-state index in [-0.39, 0.29) is 11.9 Å². The molecule has 0 bridgehead atoms. The van der Waals surface area contributed by atoms with Gasteiger partial charge in [0.25, 0.3) is 0 Å². The van der Waals surface area contributed by atoms with Gasteiger partial charge in [0, 0.05) is 42.5 Å². The third kappa shape index (κ3) is 8.76. The molecule has 1 fully saturated rings. The monoisotopic (exact) mass is 640 g/mol. The van der Waals surface area contributed by atoms with Gasteiger partial charge in [-0.25, -0.2) is 19.4 Å². The number of methoxy groups -OCH3 is 1. The average molecular weight is 641 g/mol. The first-order valence-electron chi connectivity index (χ1n) is 14.8. The quantitative estimate of drug-likeness (QED) is 0.282. The number of hydrogen-bond acceptors (Lipinski definition) is 8. The van der Waals surface area contributed by atoms with Crippen LogP contribution < -0.4 is 15.0 Å². The first-order valence-corrected chi connectivity index (χ1v) is 15.2. The summed E-state index contributed by atoms with van der Waals surface area (Å²) in [7, 11) is 1.49. The first kappa shape index (κ1) is 33.8. The fourth-order valence-corrected chi connectivity index (χ4v) is 5.31. The van der Waals surface area contributed by atoms with Gasteiger partial charge >= 0.3 is 18.3 Å². The second kappa shape index (κ2) is 13.5. The minimum absolute atomic E-state index is 0.0160. The number of carbonyl (C=O) groups is 3. The summed E-state index contributed by atoms with van der Waals surface area (Å²) >= 11 is 6.16. The number of nitrogens with one attached hydrogen (secondary N) is 1. The van der Waals surface area contributed by atoms with Gasteiger partial charge < -0.3 is 24.6 Å². The lowest BCUT2D eigenvalue weighted by atomic mass is 9.97. The summed E-state index contributed by atoms with van der Waals surface area (Å²) in [5.74, 6) is 0.235. The Kier molecular flexibility index (Phi) is 10.1. The van der Waals surface area contributed by atoms with E-state index in [9.17, 15) is 19.5 Å². The van der Waals surface area contributed by atoms with Crippen LogP contribution in [-0.4, -0.2) is 70.7 Å². The summed E-state index contributed by atoms with van der Waals surface area (Å²) in [4.78, 5) is 45.1. The van der Waals surface area contributed by atoms with Crippen molar-refractivity contribution in [2.75, 3.05) is 25.1 Å². The molecule has 2 heterocycles. The van der Waals surface area contributed by atoms with Gasteiger partial charge in [0.05, 0.1) is 12.5 Å². The molecule has 1 aliphatic rings. The number of carbonyl (C=O) groups excluding carboxylic acids is 2. The standard InChI is InChI=1S/C33H41ClN4O7/c1-32(2,3)44-29(39)36-23-12-14-37(15-13-23)19-20-16-24-25(21-8-10-22(34)11-9-21)18-35-28(27(24)26(17-20)43-7)38(30(40)41)31(42)45-33(4,5)6/h8-11,16-18,23H,12-15,19H2,1-7H3,(H,36,39)(H,40,41). The fourth-order valence-electron chi connectivity index (χ4n) is 5.19. The molecule has 0 atom stereocenters. The molecule has 0 saturated carbocycles. The van der Waals surface area contributed by atoms with E-state index in [1.807, 2.05) is 45.0 Å². The van der Waals surface area contributed by atoms with Gasteiger partial charge in [-0.15, -0.1) is 0 Å². The molecule has 0 aliphatic carbocycles. The highest BCUT2D eigenvalue weighted by Gasteiger charge is 2.33. The Balaban J connectivity index is 1.71. The van der Waals surface area contributed by atoms with Crippen LogP contribution in [0.25, 0.3) is 21.9 Å². The summed E-state index contributed by atoms with van der Waals surface area (Å²) in [6.45, 7) is 12.5. The van der Waals surface area contributed by atoms with Gasteiger partial charge in [-0.3, -0.25) is 4.90 Å². The van der Waals surface area contributed by atoms with Crippen molar-refractivity contribution in [3.8, 4) is 16.9 Å². The Hall–Kier alpha value is -4.09. The molecule has 12 heteroatoms. The molecule has 11 nitrogen and oxygen atoms in total. The molecule has 0 spiro atoms. The van der Waals surface area contributed by atoms with Gasteiger partial charge in [0.2, 0.25) is 0 Å². The van der Waals surface area contributed by atoms with Crippen LogP contribution in [0.1, 0.15) is 59.9 Å². The molecular formula is C33H41ClN4O7. The van der Waals surface area contributed by atoms with Gasteiger partial charge in [-0.2, -0.15) is 4.90 Å². The van der Waals surface area contributed by atoms with Crippen molar-refractivity contribution in [1.82, 2.24) is 15.2 Å². The van der Waals surface area contributed by atoms with E-state index in [1.165, 1.54) is 13.3 Å².